The number of anilines is 1. The lowest BCUT2D eigenvalue weighted by Gasteiger charge is -2.16. The van der Waals surface area contributed by atoms with E-state index >= 15 is 0 Å². The van der Waals surface area contributed by atoms with Crippen molar-refractivity contribution in [2.24, 2.45) is 11.7 Å². The van der Waals surface area contributed by atoms with Gasteiger partial charge in [-0.2, -0.15) is 0 Å². The third kappa shape index (κ3) is 5.26. The number of methoxy groups -OCH3 is 1. The van der Waals surface area contributed by atoms with Crippen LogP contribution < -0.4 is 10.6 Å². The van der Waals surface area contributed by atoms with E-state index in [9.17, 15) is 4.79 Å². The van der Waals surface area contributed by atoms with Crippen LogP contribution in [0.2, 0.25) is 0 Å². The summed E-state index contributed by atoms with van der Waals surface area (Å²) >= 11 is 0. The van der Waals surface area contributed by atoms with Crippen molar-refractivity contribution in [3.8, 4) is 11.1 Å². The van der Waals surface area contributed by atoms with Crippen LogP contribution in [0.4, 0.5) is 5.95 Å². The maximum Gasteiger partial charge on any atom is 0.313 e. The first-order valence-corrected chi connectivity index (χ1v) is 9.19. The summed E-state index contributed by atoms with van der Waals surface area (Å²) in [5.41, 5.74) is 7.89. The van der Waals surface area contributed by atoms with Gasteiger partial charge in [0.1, 0.15) is 18.9 Å². The van der Waals surface area contributed by atoms with Gasteiger partial charge >= 0.3 is 5.97 Å². The molecule has 148 valence electrons. The number of hydrogen-bond acceptors (Lipinski definition) is 7. The van der Waals surface area contributed by atoms with E-state index in [1.165, 1.54) is 0 Å². The van der Waals surface area contributed by atoms with Crippen molar-refractivity contribution in [3.05, 3.63) is 42.2 Å². The molecule has 0 aliphatic carbocycles. The quantitative estimate of drug-likeness (QED) is 0.407. The van der Waals surface area contributed by atoms with Crippen molar-refractivity contribution >= 4 is 17.8 Å². The lowest BCUT2D eigenvalue weighted by atomic mass is 10.1. The maximum atomic E-state index is 11.5. The summed E-state index contributed by atoms with van der Waals surface area (Å²) in [5.74, 6) is 0.540. The Hall–Kier alpha value is -3.00. The molecule has 0 radical (unpaired) electrons. The van der Waals surface area contributed by atoms with E-state index in [1.54, 1.807) is 7.11 Å². The Labute approximate surface area is 164 Å². The SMILES string of the molecule is COCC1CCN(c2ncc(-c3cccc(COC(=O)CC(=N)N)c3)cn2)C1. The van der Waals surface area contributed by atoms with Gasteiger partial charge in [0, 0.05) is 44.1 Å². The van der Waals surface area contributed by atoms with E-state index in [1.807, 2.05) is 36.7 Å². The van der Waals surface area contributed by atoms with Crippen LogP contribution in [0.25, 0.3) is 11.1 Å². The number of benzene rings is 1. The summed E-state index contributed by atoms with van der Waals surface area (Å²) in [5, 5.41) is 7.12. The molecule has 1 fully saturated rings. The molecule has 3 N–H and O–H groups in total. The van der Waals surface area contributed by atoms with E-state index < -0.39 is 5.97 Å². The molecule has 2 heterocycles. The van der Waals surface area contributed by atoms with Crippen molar-refractivity contribution in [3.63, 3.8) is 0 Å². The Balaban J connectivity index is 1.62. The number of ether oxygens (including phenoxy) is 2. The zero-order valence-electron chi connectivity index (χ0n) is 15.9. The number of nitrogens with one attached hydrogen (secondary N) is 1. The summed E-state index contributed by atoms with van der Waals surface area (Å²) < 4.78 is 10.4. The number of amidine groups is 1. The van der Waals surface area contributed by atoms with E-state index in [0.29, 0.717) is 5.92 Å². The predicted octanol–water partition coefficient (Wildman–Crippen LogP) is 1.99. The fourth-order valence-corrected chi connectivity index (χ4v) is 3.23. The fourth-order valence-electron chi connectivity index (χ4n) is 3.23. The van der Waals surface area contributed by atoms with Gasteiger partial charge in [-0.05, 0) is 23.6 Å². The van der Waals surface area contributed by atoms with Gasteiger partial charge in [-0.3, -0.25) is 10.2 Å². The molecule has 1 aromatic heterocycles. The highest BCUT2D eigenvalue weighted by atomic mass is 16.5. The normalized spacial score (nSPS) is 16.2. The average Bonchev–Trinajstić information content (AvgIpc) is 3.15. The number of carbonyl (C=O) groups excluding carboxylic acids is 1. The molecule has 8 nitrogen and oxygen atoms in total. The minimum absolute atomic E-state index is 0.132. The standard InChI is InChI=1S/C20H25N5O3/c1-27-12-15-5-6-25(11-15)20-23-9-17(10-24-20)16-4-2-3-14(7-16)13-28-19(26)8-18(21)22/h2-4,7,9-10,15H,5-6,8,11-13H2,1H3,(H3,21,22). The second-order valence-corrected chi connectivity index (χ2v) is 6.89. The van der Waals surface area contributed by atoms with Gasteiger partial charge in [0.25, 0.3) is 0 Å². The van der Waals surface area contributed by atoms with Crippen LogP contribution >= 0.6 is 0 Å². The fraction of sp³-hybridized carbons (Fsp3) is 0.400. The summed E-state index contributed by atoms with van der Waals surface area (Å²) in [4.78, 5) is 22.8. The number of carbonyl (C=O) groups is 1. The lowest BCUT2D eigenvalue weighted by molar-refractivity contribution is -0.143. The summed E-state index contributed by atoms with van der Waals surface area (Å²) in [6.07, 6.45) is 4.51. The van der Waals surface area contributed by atoms with Crippen LogP contribution in [0, 0.1) is 11.3 Å². The van der Waals surface area contributed by atoms with Gasteiger partial charge in [0.15, 0.2) is 0 Å². The maximum absolute atomic E-state index is 11.5. The van der Waals surface area contributed by atoms with Gasteiger partial charge in [-0.25, -0.2) is 9.97 Å². The van der Waals surface area contributed by atoms with Crippen LogP contribution in [-0.2, 0) is 20.9 Å². The zero-order valence-corrected chi connectivity index (χ0v) is 15.9. The number of rotatable bonds is 8. The molecule has 0 spiro atoms. The highest BCUT2D eigenvalue weighted by Gasteiger charge is 2.24. The Morgan fingerprint density at radius 2 is 2.11 bits per heavy atom. The summed E-state index contributed by atoms with van der Waals surface area (Å²) in [6.45, 7) is 2.74. The molecule has 28 heavy (non-hydrogen) atoms. The molecular weight excluding hydrogens is 358 g/mol. The van der Waals surface area contributed by atoms with Crippen molar-refractivity contribution in [2.45, 2.75) is 19.4 Å². The highest BCUT2D eigenvalue weighted by Crippen LogP contribution is 2.24. The molecule has 3 rings (SSSR count). The molecule has 1 aliphatic rings. The first-order valence-electron chi connectivity index (χ1n) is 9.19. The molecule has 1 aliphatic heterocycles. The third-order valence-corrected chi connectivity index (χ3v) is 4.60. The number of nitrogens with zero attached hydrogens (tertiary/aromatic N) is 3. The molecule has 1 saturated heterocycles. The molecule has 0 amide bonds. The van der Waals surface area contributed by atoms with Crippen LogP contribution in [-0.4, -0.2) is 48.6 Å². The summed E-state index contributed by atoms with van der Waals surface area (Å²) in [7, 11) is 1.73. The highest BCUT2D eigenvalue weighted by molar-refractivity contribution is 5.94. The van der Waals surface area contributed by atoms with Crippen LogP contribution in [0.3, 0.4) is 0 Å². The minimum Gasteiger partial charge on any atom is -0.460 e. The Kier molecular flexibility index (Phi) is 6.54. The number of nitrogens with two attached hydrogens (primary N) is 1. The van der Waals surface area contributed by atoms with Gasteiger partial charge in [-0.1, -0.05) is 18.2 Å². The Morgan fingerprint density at radius 3 is 2.82 bits per heavy atom. The van der Waals surface area contributed by atoms with Crippen LogP contribution in [0.1, 0.15) is 18.4 Å². The second-order valence-electron chi connectivity index (χ2n) is 6.89. The largest absolute Gasteiger partial charge is 0.460 e. The van der Waals surface area contributed by atoms with E-state index in [0.717, 1.165) is 48.8 Å². The molecule has 8 heteroatoms. The first-order chi connectivity index (χ1) is 13.5. The molecule has 0 bridgehead atoms. The zero-order chi connectivity index (χ0) is 19.9. The number of esters is 1. The van der Waals surface area contributed by atoms with E-state index in [2.05, 4.69) is 14.9 Å². The molecular formula is C20H25N5O3. The minimum atomic E-state index is -0.511. The Morgan fingerprint density at radius 1 is 1.32 bits per heavy atom. The predicted molar refractivity (Wildman–Crippen MR) is 106 cm³/mol. The van der Waals surface area contributed by atoms with E-state index in [4.69, 9.17) is 20.6 Å². The monoisotopic (exact) mass is 383 g/mol. The molecule has 0 saturated carbocycles. The van der Waals surface area contributed by atoms with Crippen molar-refractivity contribution in [1.29, 1.82) is 5.41 Å². The van der Waals surface area contributed by atoms with Crippen LogP contribution in [0.5, 0.6) is 0 Å². The Bertz CT molecular complexity index is 825. The van der Waals surface area contributed by atoms with Crippen molar-refractivity contribution in [2.75, 3.05) is 31.7 Å². The van der Waals surface area contributed by atoms with Crippen molar-refractivity contribution < 1.29 is 14.3 Å². The van der Waals surface area contributed by atoms with Gasteiger partial charge in [0.05, 0.1) is 6.61 Å². The number of aromatic nitrogens is 2. The van der Waals surface area contributed by atoms with Gasteiger partial charge in [0.2, 0.25) is 5.95 Å². The average molecular weight is 383 g/mol. The third-order valence-electron chi connectivity index (χ3n) is 4.60. The second kappa shape index (κ2) is 9.27. The number of hydrogen-bond donors (Lipinski definition) is 2. The van der Waals surface area contributed by atoms with Crippen LogP contribution in [0.15, 0.2) is 36.7 Å². The van der Waals surface area contributed by atoms with Gasteiger partial charge in [-0.15, -0.1) is 0 Å². The molecule has 2 aromatic rings. The first kappa shape index (κ1) is 19.8. The topological polar surface area (TPSA) is 114 Å². The van der Waals surface area contributed by atoms with Crippen molar-refractivity contribution in [1.82, 2.24) is 9.97 Å². The molecule has 1 aromatic carbocycles. The smallest absolute Gasteiger partial charge is 0.313 e. The molecule has 1 unspecified atom stereocenters. The molecule has 1 atom stereocenters. The van der Waals surface area contributed by atoms with Gasteiger partial charge < -0.3 is 20.1 Å². The lowest BCUT2D eigenvalue weighted by Crippen LogP contribution is -2.23. The van der Waals surface area contributed by atoms with E-state index in [-0.39, 0.29) is 18.9 Å². The summed E-state index contributed by atoms with van der Waals surface area (Å²) in [6, 6.07) is 7.67.